The van der Waals surface area contributed by atoms with Gasteiger partial charge in [-0.15, -0.1) is 0 Å². The van der Waals surface area contributed by atoms with Crippen molar-refractivity contribution in [1.29, 1.82) is 0 Å². The Morgan fingerprint density at radius 3 is 2.79 bits per heavy atom. The summed E-state index contributed by atoms with van der Waals surface area (Å²) in [5.41, 5.74) is 0.750. The first-order valence-corrected chi connectivity index (χ1v) is 8.00. The van der Waals surface area contributed by atoms with Crippen LogP contribution in [-0.4, -0.2) is 33.8 Å². The Balaban J connectivity index is 1.49. The van der Waals surface area contributed by atoms with Crippen molar-refractivity contribution in [3.63, 3.8) is 0 Å². The van der Waals surface area contributed by atoms with Crippen LogP contribution in [0.2, 0.25) is 0 Å². The quantitative estimate of drug-likeness (QED) is 0.870. The van der Waals surface area contributed by atoms with Crippen molar-refractivity contribution >= 4 is 5.91 Å². The second-order valence-electron chi connectivity index (χ2n) is 6.28. The van der Waals surface area contributed by atoms with Gasteiger partial charge in [-0.3, -0.25) is 4.79 Å². The maximum atomic E-state index is 12.9. The third-order valence-electron chi connectivity index (χ3n) is 4.39. The van der Waals surface area contributed by atoms with E-state index in [2.05, 4.69) is 15.5 Å². The van der Waals surface area contributed by atoms with E-state index >= 15 is 0 Å². The van der Waals surface area contributed by atoms with E-state index in [0.29, 0.717) is 31.1 Å². The molecule has 0 aliphatic heterocycles. The fourth-order valence-corrected chi connectivity index (χ4v) is 3.10. The van der Waals surface area contributed by atoms with Crippen LogP contribution in [0.5, 0.6) is 0 Å². The number of aromatic nitrogens is 2. The molecule has 128 valence electrons. The fraction of sp³-hybridized carbons (Fsp3) is 0.471. The molecular formula is C17H20FN3O3. The normalized spacial score (nSPS) is 23.4. The maximum absolute atomic E-state index is 12.9. The lowest BCUT2D eigenvalue weighted by molar-refractivity contribution is -0.120. The zero-order chi connectivity index (χ0) is 17.1. The molecule has 6 nitrogen and oxygen atoms in total. The smallest absolute Gasteiger partial charge is 0.229 e. The van der Waals surface area contributed by atoms with Gasteiger partial charge in [0.15, 0.2) is 5.82 Å². The highest BCUT2D eigenvalue weighted by Crippen LogP contribution is 2.37. The molecule has 2 N–H and O–H groups in total. The molecular weight excluding hydrogens is 313 g/mol. The van der Waals surface area contributed by atoms with Gasteiger partial charge in [-0.1, -0.05) is 17.3 Å². The van der Waals surface area contributed by atoms with Crippen molar-refractivity contribution < 1.29 is 18.8 Å². The van der Waals surface area contributed by atoms with E-state index in [0.717, 1.165) is 5.56 Å². The summed E-state index contributed by atoms with van der Waals surface area (Å²) in [6, 6.07) is 5.85. The Morgan fingerprint density at radius 1 is 1.38 bits per heavy atom. The van der Waals surface area contributed by atoms with Crippen molar-refractivity contribution in [2.75, 3.05) is 6.54 Å². The van der Waals surface area contributed by atoms with Gasteiger partial charge in [0.1, 0.15) is 5.82 Å². The van der Waals surface area contributed by atoms with Gasteiger partial charge in [-0.25, -0.2) is 4.39 Å². The Morgan fingerprint density at radius 2 is 2.12 bits per heavy atom. The summed E-state index contributed by atoms with van der Waals surface area (Å²) < 4.78 is 18.0. The second kappa shape index (κ2) is 7.09. The molecule has 2 aromatic rings. The molecule has 1 aliphatic rings. The minimum absolute atomic E-state index is 0.0280. The molecule has 1 fully saturated rings. The van der Waals surface area contributed by atoms with E-state index in [1.54, 1.807) is 19.1 Å². The average molecular weight is 333 g/mol. The lowest BCUT2D eigenvalue weighted by Crippen LogP contribution is -2.33. The Hall–Kier alpha value is -2.28. The van der Waals surface area contributed by atoms with E-state index in [-0.39, 0.29) is 30.0 Å². The molecule has 0 unspecified atom stereocenters. The number of nitrogens with zero attached hydrogens (tertiary/aromatic N) is 2. The van der Waals surface area contributed by atoms with Crippen molar-refractivity contribution in [3.8, 4) is 0 Å². The first-order valence-electron chi connectivity index (χ1n) is 8.00. The van der Waals surface area contributed by atoms with Crippen molar-refractivity contribution in [2.24, 2.45) is 5.92 Å². The van der Waals surface area contributed by atoms with Crippen LogP contribution in [0, 0.1) is 18.7 Å². The molecule has 1 saturated carbocycles. The highest BCUT2D eigenvalue weighted by atomic mass is 19.1. The largest absolute Gasteiger partial charge is 0.393 e. The highest BCUT2D eigenvalue weighted by Gasteiger charge is 2.36. The molecule has 1 aromatic heterocycles. The Kier molecular flexibility index (Phi) is 4.89. The summed E-state index contributed by atoms with van der Waals surface area (Å²) in [6.45, 7) is 2.15. The zero-order valence-electron chi connectivity index (χ0n) is 13.4. The van der Waals surface area contributed by atoms with Crippen LogP contribution in [0.15, 0.2) is 28.8 Å². The summed E-state index contributed by atoms with van der Waals surface area (Å²) in [5.74, 6) is 0.642. The number of carbonyl (C=O) groups is 1. The summed E-state index contributed by atoms with van der Waals surface area (Å²) in [4.78, 5) is 16.2. The summed E-state index contributed by atoms with van der Waals surface area (Å²) in [6.07, 6.45) is 0.933. The van der Waals surface area contributed by atoms with E-state index in [9.17, 15) is 14.3 Å². The number of hydrogen-bond donors (Lipinski definition) is 2. The van der Waals surface area contributed by atoms with Gasteiger partial charge in [-0.05, 0) is 37.5 Å². The number of aliphatic hydroxyl groups excluding tert-OH is 1. The van der Waals surface area contributed by atoms with Crippen LogP contribution in [0.1, 0.15) is 36.0 Å². The number of carbonyl (C=O) groups excluding carboxylic acids is 1. The standard InChI is InChI=1S/C17H20FN3O3/c1-10-20-17(24-21-10)12-7-13(15(22)8-12)9-19-16(23)6-11-2-4-14(18)5-3-11/h2-5,12-13,15,22H,6-9H2,1H3,(H,19,23)/t12-,13+,15+/m0/s1. The van der Waals surface area contributed by atoms with E-state index in [1.807, 2.05) is 0 Å². The molecule has 1 amide bonds. The van der Waals surface area contributed by atoms with Gasteiger partial charge in [0.25, 0.3) is 0 Å². The molecule has 0 bridgehead atoms. The van der Waals surface area contributed by atoms with E-state index in [1.165, 1.54) is 12.1 Å². The molecule has 3 atom stereocenters. The minimum atomic E-state index is -0.506. The van der Waals surface area contributed by atoms with Crippen LogP contribution >= 0.6 is 0 Å². The molecule has 1 aliphatic carbocycles. The third-order valence-corrected chi connectivity index (χ3v) is 4.39. The lowest BCUT2D eigenvalue weighted by Gasteiger charge is -2.15. The Bertz CT molecular complexity index is 701. The number of rotatable bonds is 5. The number of aryl methyl sites for hydroxylation is 1. The SMILES string of the molecule is Cc1noc([C@H]2C[C@H](CNC(=O)Cc3ccc(F)cc3)[C@H](O)C2)n1. The zero-order valence-corrected chi connectivity index (χ0v) is 13.4. The third kappa shape index (κ3) is 3.97. The number of nitrogens with one attached hydrogen (secondary N) is 1. The first-order chi connectivity index (χ1) is 11.5. The van der Waals surface area contributed by atoms with Crippen LogP contribution in [0.25, 0.3) is 0 Å². The van der Waals surface area contributed by atoms with E-state index in [4.69, 9.17) is 4.52 Å². The Labute approximate surface area is 139 Å². The predicted molar refractivity (Wildman–Crippen MR) is 83.6 cm³/mol. The molecule has 24 heavy (non-hydrogen) atoms. The molecule has 7 heteroatoms. The number of halogens is 1. The fourth-order valence-electron chi connectivity index (χ4n) is 3.10. The van der Waals surface area contributed by atoms with Gasteiger partial charge in [-0.2, -0.15) is 4.98 Å². The van der Waals surface area contributed by atoms with Crippen LogP contribution in [-0.2, 0) is 11.2 Å². The minimum Gasteiger partial charge on any atom is -0.393 e. The highest BCUT2D eigenvalue weighted by molar-refractivity contribution is 5.78. The maximum Gasteiger partial charge on any atom is 0.229 e. The summed E-state index contributed by atoms with van der Waals surface area (Å²) >= 11 is 0. The molecule has 0 spiro atoms. The summed E-state index contributed by atoms with van der Waals surface area (Å²) in [5, 5.41) is 16.8. The topological polar surface area (TPSA) is 88.2 Å². The second-order valence-corrected chi connectivity index (χ2v) is 6.28. The van der Waals surface area contributed by atoms with Crippen LogP contribution < -0.4 is 5.32 Å². The molecule has 1 aromatic carbocycles. The lowest BCUT2D eigenvalue weighted by atomic mass is 10.0. The van der Waals surface area contributed by atoms with Crippen LogP contribution in [0.3, 0.4) is 0 Å². The molecule has 0 saturated heterocycles. The summed E-state index contributed by atoms with van der Waals surface area (Å²) in [7, 11) is 0. The van der Waals surface area contributed by atoms with Gasteiger partial charge < -0.3 is 14.9 Å². The number of aliphatic hydroxyl groups is 1. The monoisotopic (exact) mass is 333 g/mol. The average Bonchev–Trinajstić information content (AvgIpc) is 3.13. The van der Waals surface area contributed by atoms with Crippen molar-refractivity contribution in [2.45, 2.75) is 38.2 Å². The number of benzene rings is 1. The molecule has 0 radical (unpaired) electrons. The molecule has 1 heterocycles. The van der Waals surface area contributed by atoms with Crippen molar-refractivity contribution in [1.82, 2.24) is 15.5 Å². The van der Waals surface area contributed by atoms with Crippen molar-refractivity contribution in [3.05, 3.63) is 47.4 Å². The number of amides is 1. The van der Waals surface area contributed by atoms with Gasteiger partial charge >= 0.3 is 0 Å². The number of hydrogen-bond acceptors (Lipinski definition) is 5. The predicted octanol–water partition coefficient (Wildman–Crippen LogP) is 1.73. The van der Waals surface area contributed by atoms with Gasteiger partial charge in [0.2, 0.25) is 11.8 Å². The molecule has 3 rings (SSSR count). The van der Waals surface area contributed by atoms with Crippen LogP contribution in [0.4, 0.5) is 4.39 Å². The van der Waals surface area contributed by atoms with Gasteiger partial charge in [0.05, 0.1) is 12.5 Å². The van der Waals surface area contributed by atoms with Gasteiger partial charge in [0, 0.05) is 18.4 Å². The first kappa shape index (κ1) is 16.6. The van der Waals surface area contributed by atoms with E-state index < -0.39 is 6.10 Å².